The molecule has 16 aromatic rings. The van der Waals surface area contributed by atoms with E-state index in [1.54, 1.807) is 0 Å². The molecule has 77 heavy (non-hydrogen) atoms. The van der Waals surface area contributed by atoms with Crippen molar-refractivity contribution in [1.29, 1.82) is 0 Å². The molecule has 10 aromatic carbocycles. The Morgan fingerprint density at radius 3 is 1.70 bits per heavy atom. The maximum Gasteiger partial charge on any atom is 0.239 e. The molecule has 9 nitrogen and oxygen atoms in total. The van der Waals surface area contributed by atoms with E-state index in [1.165, 1.54) is 25.7 Å². The van der Waals surface area contributed by atoms with Gasteiger partial charge in [0.2, 0.25) is 17.2 Å². The van der Waals surface area contributed by atoms with Crippen LogP contribution in [0.1, 0.15) is 0 Å². The molecule has 0 fully saturated rings. The van der Waals surface area contributed by atoms with Crippen LogP contribution in [0.5, 0.6) is 0 Å². The molecule has 6 aromatic heterocycles. The van der Waals surface area contributed by atoms with E-state index < -0.39 is 0 Å². The van der Waals surface area contributed by atoms with Crippen LogP contribution in [0.2, 0.25) is 5.28 Å². The first-order chi connectivity index (χ1) is 38.1. The SMILES string of the molecule is Clc1nc(-c2ccccc2)nc(-n2c3ccccc3c3c(-c4ccc5c(c4)c4ccccc4n5-c4nc(-c5ccccc5)nc(-c5ccc6c(c5)oc5ccc(-c7cccc8c7sc7ccccc78)cc56)n4)cccc32)n1. The van der Waals surface area contributed by atoms with Gasteiger partial charge >= 0.3 is 0 Å². The van der Waals surface area contributed by atoms with Crippen LogP contribution in [0.15, 0.2) is 229 Å². The van der Waals surface area contributed by atoms with Crippen LogP contribution in [0.4, 0.5) is 0 Å². The van der Waals surface area contributed by atoms with Gasteiger partial charge in [-0.1, -0.05) is 164 Å². The largest absolute Gasteiger partial charge is 0.456 e. The van der Waals surface area contributed by atoms with Crippen molar-refractivity contribution in [1.82, 2.24) is 39.0 Å². The molecular formula is C66H37ClN8OS. The summed E-state index contributed by atoms with van der Waals surface area (Å²) >= 11 is 8.50. The average molecular weight is 1030 g/mol. The Bertz CT molecular complexity index is 5080. The van der Waals surface area contributed by atoms with E-state index in [0.717, 1.165) is 98.9 Å². The first-order valence-corrected chi connectivity index (χ1v) is 26.5. The molecule has 16 rings (SSSR count). The fourth-order valence-electron chi connectivity index (χ4n) is 11.4. The number of benzene rings is 10. The van der Waals surface area contributed by atoms with Crippen LogP contribution >= 0.6 is 22.9 Å². The van der Waals surface area contributed by atoms with E-state index in [-0.39, 0.29) is 5.28 Å². The number of hydrogen-bond acceptors (Lipinski definition) is 8. The number of para-hydroxylation sites is 2. The van der Waals surface area contributed by atoms with Gasteiger partial charge in [-0.2, -0.15) is 24.9 Å². The fourth-order valence-corrected chi connectivity index (χ4v) is 12.7. The Labute approximate surface area is 447 Å². The Balaban J connectivity index is 0.835. The lowest BCUT2D eigenvalue weighted by Gasteiger charge is -2.11. The van der Waals surface area contributed by atoms with Crippen molar-refractivity contribution in [3.8, 4) is 68.3 Å². The number of nitrogens with zero attached hydrogens (tertiary/aromatic N) is 8. The van der Waals surface area contributed by atoms with Crippen LogP contribution in [0.25, 0.3) is 154 Å². The second-order valence-corrected chi connectivity index (χ2v) is 20.6. The first kappa shape index (κ1) is 43.5. The number of furan rings is 1. The normalized spacial score (nSPS) is 12.0. The van der Waals surface area contributed by atoms with Gasteiger partial charge in [-0.05, 0) is 94.5 Å². The van der Waals surface area contributed by atoms with Crippen LogP contribution in [-0.4, -0.2) is 39.0 Å². The van der Waals surface area contributed by atoms with E-state index in [9.17, 15) is 0 Å². The van der Waals surface area contributed by atoms with Crippen molar-refractivity contribution >= 4 is 109 Å². The average Bonchev–Trinajstić information content (AvgIpc) is 4.30. The van der Waals surface area contributed by atoms with Crippen molar-refractivity contribution in [3.05, 3.63) is 230 Å². The molecule has 0 aliphatic carbocycles. The highest BCUT2D eigenvalue weighted by Crippen LogP contribution is 2.44. The lowest BCUT2D eigenvalue weighted by Crippen LogP contribution is -2.06. The summed E-state index contributed by atoms with van der Waals surface area (Å²) in [6.45, 7) is 0. The minimum atomic E-state index is 0.123. The monoisotopic (exact) mass is 1020 g/mol. The molecule has 0 amide bonds. The minimum Gasteiger partial charge on any atom is -0.456 e. The second-order valence-electron chi connectivity index (χ2n) is 19.2. The molecule has 0 aliphatic heterocycles. The molecule has 0 N–H and O–H groups in total. The summed E-state index contributed by atoms with van der Waals surface area (Å²) in [7, 11) is 0. The van der Waals surface area contributed by atoms with Gasteiger partial charge < -0.3 is 4.42 Å². The second kappa shape index (κ2) is 17.1. The Kier molecular flexibility index (Phi) is 9.66. The molecule has 0 bridgehead atoms. The maximum atomic E-state index is 6.66. The van der Waals surface area contributed by atoms with Crippen molar-refractivity contribution < 1.29 is 4.42 Å². The van der Waals surface area contributed by atoms with E-state index in [0.29, 0.717) is 29.4 Å². The van der Waals surface area contributed by atoms with Gasteiger partial charge in [-0.25, -0.2) is 4.98 Å². The van der Waals surface area contributed by atoms with Crippen molar-refractivity contribution in [2.75, 3.05) is 0 Å². The molecule has 0 atom stereocenters. The summed E-state index contributed by atoms with van der Waals surface area (Å²) in [5.41, 5.74) is 12.5. The minimum absolute atomic E-state index is 0.123. The third-order valence-electron chi connectivity index (χ3n) is 14.8. The molecule has 0 unspecified atom stereocenters. The van der Waals surface area contributed by atoms with Gasteiger partial charge in [0.25, 0.3) is 0 Å². The molecular weight excluding hydrogens is 988 g/mol. The van der Waals surface area contributed by atoms with E-state index in [2.05, 4.69) is 172 Å². The molecule has 0 saturated heterocycles. The van der Waals surface area contributed by atoms with Gasteiger partial charge in [-0.15, -0.1) is 11.3 Å². The Morgan fingerprint density at radius 2 is 0.896 bits per heavy atom. The third kappa shape index (κ3) is 6.93. The zero-order valence-corrected chi connectivity index (χ0v) is 42.2. The van der Waals surface area contributed by atoms with Gasteiger partial charge in [0.1, 0.15) is 11.2 Å². The number of hydrogen-bond donors (Lipinski definition) is 0. The smallest absolute Gasteiger partial charge is 0.239 e. The van der Waals surface area contributed by atoms with E-state index in [4.69, 9.17) is 40.9 Å². The standard InChI is InChI=1S/C66H37ClN8OS/c67-64-69-62(39-17-5-2-6-18-39)71-66(73-64)75-53-26-11-8-21-49(53)59-43(22-14-27-55(59)75)40-30-33-54-50(35-40)45-19-7-10-25-52(45)74(54)65-70-61(38-15-3-1-4-16-38)68-63(72-65)42-29-32-46-51-36-41(31-34-56(51)76-57(46)37-42)44-23-13-24-48-47-20-9-12-28-58(47)77-60(44)48/h1-37H. The topological polar surface area (TPSA) is 100 Å². The zero-order chi connectivity index (χ0) is 50.7. The first-order valence-electron chi connectivity index (χ1n) is 25.3. The van der Waals surface area contributed by atoms with Crippen LogP contribution < -0.4 is 0 Å². The number of thiophene rings is 1. The summed E-state index contributed by atoms with van der Waals surface area (Å²) in [4.78, 5) is 29.9. The maximum absolute atomic E-state index is 6.66. The summed E-state index contributed by atoms with van der Waals surface area (Å²) in [5.74, 6) is 2.56. The predicted molar refractivity (Wildman–Crippen MR) is 314 cm³/mol. The molecule has 0 radical (unpaired) electrons. The molecule has 0 saturated carbocycles. The highest BCUT2D eigenvalue weighted by atomic mass is 35.5. The van der Waals surface area contributed by atoms with E-state index in [1.807, 2.05) is 78.1 Å². The molecule has 0 aliphatic rings. The summed E-state index contributed by atoms with van der Waals surface area (Å²) < 4.78 is 13.4. The van der Waals surface area contributed by atoms with Crippen molar-refractivity contribution in [3.63, 3.8) is 0 Å². The van der Waals surface area contributed by atoms with Gasteiger partial charge in [0.15, 0.2) is 17.5 Å². The highest BCUT2D eigenvalue weighted by Gasteiger charge is 2.23. The van der Waals surface area contributed by atoms with Crippen molar-refractivity contribution in [2.24, 2.45) is 0 Å². The Morgan fingerprint density at radius 1 is 0.338 bits per heavy atom. The molecule has 0 spiro atoms. The molecule has 11 heteroatoms. The summed E-state index contributed by atoms with van der Waals surface area (Å²) in [5, 5.41) is 9.04. The van der Waals surface area contributed by atoms with Crippen LogP contribution in [-0.2, 0) is 0 Å². The number of aromatic nitrogens is 8. The highest BCUT2D eigenvalue weighted by molar-refractivity contribution is 7.26. The van der Waals surface area contributed by atoms with Gasteiger partial charge in [0.05, 0.1) is 22.1 Å². The van der Waals surface area contributed by atoms with E-state index >= 15 is 0 Å². The molecule has 6 heterocycles. The van der Waals surface area contributed by atoms with Crippen LogP contribution in [0, 0.1) is 0 Å². The number of halogens is 1. The lowest BCUT2D eigenvalue weighted by atomic mass is 9.98. The van der Waals surface area contributed by atoms with Gasteiger partial charge in [-0.3, -0.25) is 9.13 Å². The summed E-state index contributed by atoms with van der Waals surface area (Å²) in [6.07, 6.45) is 0. The summed E-state index contributed by atoms with van der Waals surface area (Å²) in [6, 6.07) is 77.8. The van der Waals surface area contributed by atoms with Gasteiger partial charge in [0, 0.05) is 69.2 Å². The number of rotatable bonds is 7. The zero-order valence-electron chi connectivity index (χ0n) is 40.6. The lowest BCUT2D eigenvalue weighted by molar-refractivity contribution is 0.669. The number of fused-ring (bicyclic) bond motifs is 12. The third-order valence-corrected chi connectivity index (χ3v) is 16.2. The van der Waals surface area contributed by atoms with Crippen LogP contribution in [0.3, 0.4) is 0 Å². The van der Waals surface area contributed by atoms with Crippen molar-refractivity contribution in [2.45, 2.75) is 0 Å². The molecule has 360 valence electrons. The quantitative estimate of drug-likeness (QED) is 0.157. The Hall–Kier alpha value is -9.87. The predicted octanol–water partition coefficient (Wildman–Crippen LogP) is 17.5. The fraction of sp³-hybridized carbons (Fsp3) is 0.